The Morgan fingerprint density at radius 2 is 1.81 bits per heavy atom. The molecule has 1 amide bonds. The lowest BCUT2D eigenvalue weighted by Crippen LogP contribution is -2.39. The first-order chi connectivity index (χ1) is 13.1. The summed E-state index contributed by atoms with van der Waals surface area (Å²) in [6, 6.07) is 12.8. The molecule has 0 bridgehead atoms. The molecule has 1 aromatic heterocycles. The van der Waals surface area contributed by atoms with E-state index in [1.807, 2.05) is 6.07 Å². The third kappa shape index (κ3) is 3.60. The van der Waals surface area contributed by atoms with Crippen LogP contribution in [0.5, 0.6) is 0 Å². The molecule has 0 saturated heterocycles. The summed E-state index contributed by atoms with van der Waals surface area (Å²) in [5, 5.41) is 0.526. The van der Waals surface area contributed by atoms with Crippen LogP contribution in [0.2, 0.25) is 0 Å². The number of halogens is 1. The van der Waals surface area contributed by atoms with Crippen molar-refractivity contribution in [3.8, 4) is 0 Å². The smallest absolute Gasteiger partial charge is 0.258 e. The number of rotatable bonds is 4. The highest BCUT2D eigenvalue weighted by Crippen LogP contribution is 2.26. The van der Waals surface area contributed by atoms with Crippen LogP contribution < -0.4 is 5.56 Å². The summed E-state index contributed by atoms with van der Waals surface area (Å²) in [5.41, 5.74) is 0.833. The van der Waals surface area contributed by atoms with Crippen molar-refractivity contribution in [2.24, 2.45) is 0 Å². The minimum absolute atomic E-state index is 0.0966. The van der Waals surface area contributed by atoms with E-state index in [1.54, 1.807) is 23.1 Å². The van der Waals surface area contributed by atoms with Gasteiger partial charge in [-0.15, -0.1) is 0 Å². The number of benzene rings is 2. The van der Waals surface area contributed by atoms with E-state index in [2.05, 4.69) is 9.97 Å². The predicted octanol–water partition coefficient (Wildman–Crippen LogP) is 3.65. The predicted molar refractivity (Wildman–Crippen MR) is 101 cm³/mol. The van der Waals surface area contributed by atoms with Crippen molar-refractivity contribution in [3.05, 3.63) is 76.1 Å². The Morgan fingerprint density at radius 3 is 2.56 bits per heavy atom. The zero-order valence-electron chi connectivity index (χ0n) is 14.8. The maximum atomic E-state index is 13.2. The van der Waals surface area contributed by atoms with Gasteiger partial charge in [-0.3, -0.25) is 9.59 Å². The van der Waals surface area contributed by atoms with Crippen molar-refractivity contribution < 1.29 is 9.18 Å². The highest BCUT2D eigenvalue weighted by atomic mass is 19.1. The van der Waals surface area contributed by atoms with Crippen molar-refractivity contribution >= 4 is 16.8 Å². The first-order valence-corrected chi connectivity index (χ1v) is 9.16. The fourth-order valence-electron chi connectivity index (χ4n) is 3.71. The van der Waals surface area contributed by atoms with Gasteiger partial charge in [-0.05, 0) is 49.2 Å². The molecule has 138 valence electrons. The molecule has 1 fully saturated rings. The molecular weight excluding hydrogens is 345 g/mol. The van der Waals surface area contributed by atoms with Crippen LogP contribution in [-0.2, 0) is 6.54 Å². The maximum absolute atomic E-state index is 13.2. The van der Waals surface area contributed by atoms with Crippen molar-refractivity contribution in [2.75, 3.05) is 0 Å². The quantitative estimate of drug-likeness (QED) is 0.767. The maximum Gasteiger partial charge on any atom is 0.258 e. The Hall–Kier alpha value is -3.02. The molecule has 0 spiro atoms. The van der Waals surface area contributed by atoms with E-state index < -0.39 is 0 Å². The standard InChI is InChI=1S/C21H20FN3O2/c22-15-11-9-14(10-12-15)21(27)25(16-5-1-2-6-16)13-19-23-18-8-4-3-7-17(18)20(26)24-19/h3-4,7-12,16H,1-2,5-6,13H2,(H,23,24,26). The summed E-state index contributed by atoms with van der Waals surface area (Å²) in [6.07, 6.45) is 3.98. The van der Waals surface area contributed by atoms with Crippen molar-refractivity contribution in [3.63, 3.8) is 0 Å². The third-order valence-electron chi connectivity index (χ3n) is 5.10. The molecule has 4 rings (SSSR count). The highest BCUT2D eigenvalue weighted by Gasteiger charge is 2.28. The minimum Gasteiger partial charge on any atom is -0.328 e. The molecule has 27 heavy (non-hydrogen) atoms. The number of amides is 1. The van der Waals surface area contributed by atoms with Crippen molar-refractivity contribution in [1.82, 2.24) is 14.9 Å². The van der Waals surface area contributed by atoms with Crippen LogP contribution in [0.3, 0.4) is 0 Å². The molecule has 1 aliphatic carbocycles. The number of nitrogens with zero attached hydrogens (tertiary/aromatic N) is 2. The van der Waals surface area contributed by atoms with Crippen LogP contribution in [-0.4, -0.2) is 26.8 Å². The van der Waals surface area contributed by atoms with Crippen LogP contribution in [0.15, 0.2) is 53.3 Å². The van der Waals surface area contributed by atoms with Crippen LogP contribution >= 0.6 is 0 Å². The molecule has 5 nitrogen and oxygen atoms in total. The first kappa shape index (κ1) is 17.4. The fourth-order valence-corrected chi connectivity index (χ4v) is 3.71. The van der Waals surface area contributed by atoms with E-state index in [9.17, 15) is 14.0 Å². The summed E-state index contributed by atoms with van der Waals surface area (Å²) in [5.74, 6) is -0.0849. The lowest BCUT2D eigenvalue weighted by atomic mass is 10.1. The van der Waals surface area contributed by atoms with E-state index in [4.69, 9.17) is 0 Å². The first-order valence-electron chi connectivity index (χ1n) is 9.16. The number of aromatic amines is 1. The Labute approximate surface area is 155 Å². The monoisotopic (exact) mass is 365 g/mol. The van der Waals surface area contributed by atoms with E-state index in [0.717, 1.165) is 25.7 Å². The molecule has 0 atom stereocenters. The van der Waals surface area contributed by atoms with Gasteiger partial charge in [0.15, 0.2) is 0 Å². The second kappa shape index (κ2) is 7.31. The number of fused-ring (bicyclic) bond motifs is 1. The van der Waals surface area contributed by atoms with Crippen LogP contribution in [0, 0.1) is 5.82 Å². The lowest BCUT2D eigenvalue weighted by Gasteiger charge is -2.28. The molecule has 0 unspecified atom stereocenters. The van der Waals surface area contributed by atoms with Gasteiger partial charge in [0.2, 0.25) is 0 Å². The van der Waals surface area contributed by atoms with Gasteiger partial charge in [-0.1, -0.05) is 25.0 Å². The molecule has 1 heterocycles. The number of nitrogens with one attached hydrogen (secondary N) is 1. The second-order valence-electron chi connectivity index (χ2n) is 6.91. The molecule has 1 saturated carbocycles. The number of carbonyl (C=O) groups excluding carboxylic acids is 1. The van der Waals surface area contributed by atoms with Gasteiger partial charge in [0, 0.05) is 11.6 Å². The van der Waals surface area contributed by atoms with Gasteiger partial charge >= 0.3 is 0 Å². The zero-order chi connectivity index (χ0) is 18.8. The number of aromatic nitrogens is 2. The Bertz CT molecular complexity index is 1020. The van der Waals surface area contributed by atoms with E-state index >= 15 is 0 Å². The average Bonchev–Trinajstić information content (AvgIpc) is 3.21. The Kier molecular flexibility index (Phi) is 4.71. The van der Waals surface area contributed by atoms with E-state index in [-0.39, 0.29) is 29.9 Å². The summed E-state index contributed by atoms with van der Waals surface area (Å²) in [7, 11) is 0. The number of H-pyrrole nitrogens is 1. The second-order valence-corrected chi connectivity index (χ2v) is 6.91. The summed E-state index contributed by atoms with van der Waals surface area (Å²) < 4.78 is 13.2. The molecule has 2 aromatic carbocycles. The van der Waals surface area contributed by atoms with Gasteiger partial charge < -0.3 is 9.88 Å². The van der Waals surface area contributed by atoms with Crippen LogP contribution in [0.25, 0.3) is 10.9 Å². The molecule has 6 heteroatoms. The number of carbonyl (C=O) groups is 1. The minimum atomic E-state index is -0.375. The van der Waals surface area contributed by atoms with Gasteiger partial charge in [0.05, 0.1) is 17.4 Å². The van der Waals surface area contributed by atoms with Crippen molar-refractivity contribution in [2.45, 2.75) is 38.3 Å². The fraction of sp³-hybridized carbons (Fsp3) is 0.286. The van der Waals surface area contributed by atoms with E-state index in [0.29, 0.717) is 22.3 Å². The summed E-state index contributed by atoms with van der Waals surface area (Å²) in [6.45, 7) is 0.223. The van der Waals surface area contributed by atoms with Gasteiger partial charge in [0.1, 0.15) is 11.6 Å². The molecule has 1 N–H and O–H groups in total. The molecule has 3 aromatic rings. The topological polar surface area (TPSA) is 66.1 Å². The highest BCUT2D eigenvalue weighted by molar-refractivity contribution is 5.94. The number of hydrogen-bond acceptors (Lipinski definition) is 3. The van der Waals surface area contributed by atoms with Crippen LogP contribution in [0.1, 0.15) is 41.9 Å². The molecule has 0 radical (unpaired) electrons. The molecular formula is C21H20FN3O2. The lowest BCUT2D eigenvalue weighted by molar-refractivity contribution is 0.0658. The number of para-hydroxylation sites is 1. The van der Waals surface area contributed by atoms with E-state index in [1.165, 1.54) is 24.3 Å². The SMILES string of the molecule is O=C(c1ccc(F)cc1)N(Cc1nc2ccccc2c(=O)[nH]1)C1CCCC1. The van der Waals surface area contributed by atoms with Gasteiger partial charge in [0.25, 0.3) is 11.5 Å². The van der Waals surface area contributed by atoms with Crippen LogP contribution in [0.4, 0.5) is 4.39 Å². The molecule has 0 aliphatic heterocycles. The average molecular weight is 365 g/mol. The Balaban J connectivity index is 1.68. The largest absolute Gasteiger partial charge is 0.328 e. The number of hydrogen-bond donors (Lipinski definition) is 1. The molecule has 1 aliphatic rings. The van der Waals surface area contributed by atoms with Gasteiger partial charge in [-0.2, -0.15) is 0 Å². The zero-order valence-corrected chi connectivity index (χ0v) is 14.8. The summed E-state index contributed by atoms with van der Waals surface area (Å²) in [4.78, 5) is 34.5. The van der Waals surface area contributed by atoms with Crippen molar-refractivity contribution in [1.29, 1.82) is 0 Å². The normalized spacial score (nSPS) is 14.6. The third-order valence-corrected chi connectivity index (χ3v) is 5.10. The Morgan fingerprint density at radius 1 is 1.11 bits per heavy atom. The summed E-state index contributed by atoms with van der Waals surface area (Å²) >= 11 is 0. The van der Waals surface area contributed by atoms with Gasteiger partial charge in [-0.25, -0.2) is 9.37 Å².